The van der Waals surface area contributed by atoms with E-state index >= 15 is 0 Å². The number of nitrogens with zero attached hydrogens (tertiary/aromatic N) is 5. The molecular weight excluding hydrogens is 343 g/mol. The Labute approximate surface area is 144 Å². The zero-order chi connectivity index (χ0) is 18.3. The molecule has 4 aromatic rings. The van der Waals surface area contributed by atoms with Crippen molar-refractivity contribution in [1.82, 2.24) is 29.3 Å². The van der Waals surface area contributed by atoms with Crippen molar-refractivity contribution in [3.05, 3.63) is 70.3 Å². The van der Waals surface area contributed by atoms with Crippen LogP contribution in [0.1, 0.15) is 15.9 Å². The van der Waals surface area contributed by atoms with Crippen LogP contribution in [0.5, 0.6) is 0 Å². The summed E-state index contributed by atoms with van der Waals surface area (Å²) in [6.07, 6.45) is 3.77. The first-order chi connectivity index (χ1) is 12.5. The van der Waals surface area contributed by atoms with Gasteiger partial charge in [0.15, 0.2) is 11.2 Å². The number of carbonyl (C=O) groups is 1. The van der Waals surface area contributed by atoms with E-state index in [1.165, 1.54) is 23.2 Å². The first-order valence-corrected chi connectivity index (χ1v) is 7.50. The molecule has 0 aliphatic carbocycles. The SMILES string of the molecule is O=C(O)c1cnn(-c2nc3c(ncn3Cc3ccccc3F)c(=O)[nH]2)c1. The molecule has 1 aromatic carbocycles. The van der Waals surface area contributed by atoms with Crippen LogP contribution in [0.2, 0.25) is 0 Å². The fourth-order valence-electron chi connectivity index (χ4n) is 2.53. The van der Waals surface area contributed by atoms with Gasteiger partial charge in [0.2, 0.25) is 5.95 Å². The largest absolute Gasteiger partial charge is 0.478 e. The highest BCUT2D eigenvalue weighted by molar-refractivity contribution is 5.86. The minimum Gasteiger partial charge on any atom is -0.478 e. The van der Waals surface area contributed by atoms with Gasteiger partial charge in [0.25, 0.3) is 5.56 Å². The summed E-state index contributed by atoms with van der Waals surface area (Å²) in [5.41, 5.74) is 0.190. The van der Waals surface area contributed by atoms with Gasteiger partial charge in [-0.3, -0.25) is 9.78 Å². The van der Waals surface area contributed by atoms with Gasteiger partial charge in [-0.05, 0) is 6.07 Å². The fourth-order valence-corrected chi connectivity index (χ4v) is 2.53. The Bertz CT molecular complexity index is 1190. The molecule has 0 saturated carbocycles. The van der Waals surface area contributed by atoms with Gasteiger partial charge in [0.05, 0.1) is 24.6 Å². The topological polar surface area (TPSA) is 119 Å². The molecule has 0 spiro atoms. The van der Waals surface area contributed by atoms with Gasteiger partial charge in [0, 0.05) is 11.8 Å². The van der Waals surface area contributed by atoms with E-state index in [4.69, 9.17) is 5.11 Å². The highest BCUT2D eigenvalue weighted by atomic mass is 19.1. The van der Waals surface area contributed by atoms with Crippen LogP contribution in [0.15, 0.2) is 47.8 Å². The number of carboxylic acids is 1. The standard InChI is InChI=1S/C16H11FN6O3/c17-11-4-2-1-3-9(11)6-22-8-18-12-13(22)20-16(21-14(12)24)23-7-10(5-19-23)15(25)26/h1-5,7-8H,6H2,(H,25,26)(H,20,21,24). The summed E-state index contributed by atoms with van der Waals surface area (Å²) in [6, 6.07) is 6.27. The molecule has 3 heterocycles. The molecule has 0 radical (unpaired) electrons. The van der Waals surface area contributed by atoms with Crippen molar-refractivity contribution in [2.24, 2.45) is 0 Å². The van der Waals surface area contributed by atoms with Crippen LogP contribution in [0, 0.1) is 5.82 Å². The number of halogens is 1. The Morgan fingerprint density at radius 3 is 2.85 bits per heavy atom. The molecule has 0 saturated heterocycles. The van der Waals surface area contributed by atoms with E-state index in [2.05, 4.69) is 20.1 Å². The van der Waals surface area contributed by atoms with Crippen LogP contribution in [0.3, 0.4) is 0 Å². The van der Waals surface area contributed by atoms with E-state index in [9.17, 15) is 14.0 Å². The molecule has 10 heteroatoms. The third-order valence-electron chi connectivity index (χ3n) is 3.81. The number of rotatable bonds is 4. The Kier molecular flexibility index (Phi) is 3.57. The van der Waals surface area contributed by atoms with Crippen molar-refractivity contribution in [2.45, 2.75) is 6.54 Å². The molecule has 0 bridgehead atoms. The second-order valence-electron chi connectivity index (χ2n) is 5.50. The summed E-state index contributed by atoms with van der Waals surface area (Å²) in [5.74, 6) is -1.49. The van der Waals surface area contributed by atoms with Crippen molar-refractivity contribution < 1.29 is 14.3 Å². The lowest BCUT2D eigenvalue weighted by molar-refractivity contribution is 0.0697. The van der Waals surface area contributed by atoms with E-state index < -0.39 is 11.5 Å². The van der Waals surface area contributed by atoms with Crippen LogP contribution < -0.4 is 5.56 Å². The quantitative estimate of drug-likeness (QED) is 0.568. The predicted molar refractivity (Wildman–Crippen MR) is 87.7 cm³/mol. The van der Waals surface area contributed by atoms with Crippen LogP contribution >= 0.6 is 0 Å². The second kappa shape index (κ2) is 5.92. The number of imidazole rings is 1. The second-order valence-corrected chi connectivity index (χ2v) is 5.50. The third-order valence-corrected chi connectivity index (χ3v) is 3.81. The number of hydrogen-bond acceptors (Lipinski definition) is 5. The number of aromatic amines is 1. The van der Waals surface area contributed by atoms with Crippen LogP contribution in [-0.2, 0) is 6.54 Å². The molecule has 0 unspecified atom stereocenters. The maximum Gasteiger partial charge on any atom is 0.338 e. The molecule has 130 valence electrons. The maximum absolute atomic E-state index is 13.9. The number of carboxylic acid groups (broad SMARTS) is 1. The molecule has 0 aliphatic heterocycles. The van der Waals surface area contributed by atoms with Gasteiger partial charge in [0.1, 0.15) is 5.82 Å². The summed E-state index contributed by atoms with van der Waals surface area (Å²) in [5, 5.41) is 12.9. The highest BCUT2D eigenvalue weighted by Crippen LogP contribution is 2.13. The van der Waals surface area contributed by atoms with Gasteiger partial charge in [-0.15, -0.1) is 0 Å². The first-order valence-electron chi connectivity index (χ1n) is 7.50. The maximum atomic E-state index is 13.9. The van der Waals surface area contributed by atoms with E-state index in [1.54, 1.807) is 18.2 Å². The molecule has 3 aromatic heterocycles. The number of fused-ring (bicyclic) bond motifs is 1. The molecule has 0 aliphatic rings. The summed E-state index contributed by atoms with van der Waals surface area (Å²) < 4.78 is 16.6. The zero-order valence-corrected chi connectivity index (χ0v) is 13.1. The summed E-state index contributed by atoms with van der Waals surface area (Å²) in [6.45, 7) is 0.137. The van der Waals surface area contributed by atoms with Gasteiger partial charge in [-0.1, -0.05) is 18.2 Å². The lowest BCUT2D eigenvalue weighted by atomic mass is 10.2. The Morgan fingerprint density at radius 1 is 1.31 bits per heavy atom. The van der Waals surface area contributed by atoms with Crippen LogP contribution in [0.25, 0.3) is 17.1 Å². The van der Waals surface area contributed by atoms with Crippen molar-refractivity contribution in [1.29, 1.82) is 0 Å². The van der Waals surface area contributed by atoms with Crippen LogP contribution in [0.4, 0.5) is 4.39 Å². The average molecular weight is 354 g/mol. The Hall–Kier alpha value is -3.82. The molecule has 26 heavy (non-hydrogen) atoms. The van der Waals surface area contributed by atoms with Crippen LogP contribution in [-0.4, -0.2) is 40.4 Å². The van der Waals surface area contributed by atoms with Gasteiger partial charge < -0.3 is 9.67 Å². The Balaban J connectivity index is 1.81. The smallest absolute Gasteiger partial charge is 0.338 e. The van der Waals surface area contributed by atoms with E-state index in [0.29, 0.717) is 5.56 Å². The summed E-state index contributed by atoms with van der Waals surface area (Å²) >= 11 is 0. The third kappa shape index (κ3) is 2.62. The normalized spacial score (nSPS) is 11.1. The van der Waals surface area contributed by atoms with E-state index in [1.807, 2.05) is 0 Å². The molecule has 0 amide bonds. The minimum atomic E-state index is -1.15. The monoisotopic (exact) mass is 354 g/mol. The van der Waals surface area contributed by atoms with E-state index in [0.717, 1.165) is 10.9 Å². The molecule has 0 fully saturated rings. The Morgan fingerprint density at radius 2 is 2.12 bits per heavy atom. The average Bonchev–Trinajstić information content (AvgIpc) is 3.25. The predicted octanol–water partition coefficient (Wildman–Crippen LogP) is 1.19. The van der Waals surface area contributed by atoms with Crippen molar-refractivity contribution in [3.8, 4) is 5.95 Å². The number of H-pyrrole nitrogens is 1. The van der Waals surface area contributed by atoms with Crippen molar-refractivity contribution in [3.63, 3.8) is 0 Å². The van der Waals surface area contributed by atoms with Gasteiger partial charge >= 0.3 is 5.97 Å². The van der Waals surface area contributed by atoms with E-state index in [-0.39, 0.29) is 35.0 Å². The number of hydrogen-bond donors (Lipinski definition) is 2. The molecule has 2 N–H and O–H groups in total. The number of benzene rings is 1. The number of aromatic carboxylic acids is 1. The minimum absolute atomic E-state index is 0.0327. The van der Waals surface area contributed by atoms with Crippen molar-refractivity contribution >= 4 is 17.1 Å². The summed E-state index contributed by atoms with van der Waals surface area (Å²) in [4.78, 5) is 34.0. The molecular formula is C16H11FN6O3. The number of aromatic nitrogens is 6. The van der Waals surface area contributed by atoms with Gasteiger partial charge in [-0.25, -0.2) is 18.9 Å². The zero-order valence-electron chi connectivity index (χ0n) is 13.1. The summed E-state index contributed by atoms with van der Waals surface area (Å²) in [7, 11) is 0. The first kappa shape index (κ1) is 15.7. The van der Waals surface area contributed by atoms with Crippen molar-refractivity contribution in [2.75, 3.05) is 0 Å². The lowest BCUT2D eigenvalue weighted by Gasteiger charge is -2.06. The van der Waals surface area contributed by atoms with Gasteiger partial charge in [-0.2, -0.15) is 10.1 Å². The molecule has 9 nitrogen and oxygen atoms in total. The highest BCUT2D eigenvalue weighted by Gasteiger charge is 2.14. The lowest BCUT2D eigenvalue weighted by Crippen LogP contribution is -2.15. The fraction of sp³-hybridized carbons (Fsp3) is 0.0625. The molecule has 4 rings (SSSR count). The number of nitrogens with one attached hydrogen (secondary N) is 1. The molecule has 0 atom stereocenters.